The summed E-state index contributed by atoms with van der Waals surface area (Å²) in [4.78, 5) is 24.3. The van der Waals surface area contributed by atoms with E-state index in [1.807, 2.05) is 0 Å². The number of carbonyl (C=O) groups is 2. The Morgan fingerprint density at radius 1 is 0.583 bits per heavy atom. The minimum Gasteiger partial charge on any atom is -1.00 e. The maximum atomic E-state index is 12.2. The van der Waals surface area contributed by atoms with Crippen LogP contribution in [-0.4, -0.2) is 87.5 Å². The number of methoxy groups -OCH3 is 2. The van der Waals surface area contributed by atoms with Crippen molar-refractivity contribution in [2.75, 3.05) is 66.6 Å². The number of unbranched alkanes of at least 4 members (excludes halogenated alkanes) is 7. The van der Waals surface area contributed by atoms with Gasteiger partial charge in [-0.3, -0.25) is 9.59 Å². The summed E-state index contributed by atoms with van der Waals surface area (Å²) in [6.45, 7) is 9.68. The van der Waals surface area contributed by atoms with Crippen molar-refractivity contribution in [3.8, 4) is 0 Å². The quantitative estimate of drug-likeness (QED) is 0.0970. The summed E-state index contributed by atoms with van der Waals surface area (Å²) >= 11 is 0. The highest BCUT2D eigenvalue weighted by Crippen LogP contribution is 2.39. The Bertz CT molecular complexity index is 633. The summed E-state index contributed by atoms with van der Waals surface area (Å²) in [5.41, 5.74) is 0. The largest absolute Gasteiger partial charge is 1.00 e. The number of piperidine rings is 6. The number of hydrogen-bond acceptors (Lipinski definition) is 4. The molecule has 0 aromatic heterocycles. The molecule has 0 aromatic rings. The van der Waals surface area contributed by atoms with Gasteiger partial charge < -0.3 is 66.4 Å². The zero-order chi connectivity index (χ0) is 24.0. The van der Waals surface area contributed by atoms with E-state index >= 15 is 0 Å². The van der Waals surface area contributed by atoms with Crippen LogP contribution in [0.5, 0.6) is 0 Å². The Balaban J connectivity index is 0.00000228. The molecule has 0 spiro atoms. The van der Waals surface area contributed by atoms with Crippen molar-refractivity contribution in [1.29, 1.82) is 0 Å². The zero-order valence-electron chi connectivity index (χ0n) is 22.7. The molecule has 210 valence electrons. The van der Waals surface area contributed by atoms with E-state index in [1.54, 1.807) is 14.2 Å². The molecule has 0 saturated carbocycles. The Morgan fingerprint density at radius 2 is 0.889 bits per heavy atom. The highest BCUT2D eigenvalue weighted by Gasteiger charge is 2.49. The summed E-state index contributed by atoms with van der Waals surface area (Å²) in [5, 5.41) is 0. The van der Waals surface area contributed by atoms with Crippen molar-refractivity contribution in [1.82, 2.24) is 0 Å². The molecule has 2 atom stereocenters. The van der Waals surface area contributed by atoms with Gasteiger partial charge in [-0.05, 0) is 37.5 Å². The fourth-order valence-corrected chi connectivity index (χ4v) is 8.00. The van der Waals surface area contributed by atoms with Crippen molar-refractivity contribution in [2.24, 2.45) is 23.7 Å². The Labute approximate surface area is 253 Å². The first kappa shape index (κ1) is 32.5. The van der Waals surface area contributed by atoms with Gasteiger partial charge in [-0.1, -0.05) is 25.7 Å². The van der Waals surface area contributed by atoms with Crippen LogP contribution in [0.25, 0.3) is 0 Å². The molecule has 4 bridgehead atoms. The summed E-state index contributed by atoms with van der Waals surface area (Å²) in [6, 6.07) is 0. The number of ether oxygens (including phenoxy) is 2. The van der Waals surface area contributed by atoms with Gasteiger partial charge in [-0.25, -0.2) is 0 Å². The maximum Gasteiger partial charge on any atom is 0.314 e. The lowest BCUT2D eigenvalue weighted by Crippen LogP contribution is -3.00. The highest BCUT2D eigenvalue weighted by molar-refractivity contribution is 5.73. The van der Waals surface area contributed by atoms with Gasteiger partial charge in [0.2, 0.25) is 0 Å². The van der Waals surface area contributed by atoms with E-state index < -0.39 is 0 Å². The molecule has 0 radical (unpaired) electrons. The van der Waals surface area contributed by atoms with E-state index in [2.05, 4.69) is 0 Å². The van der Waals surface area contributed by atoms with E-state index in [-0.39, 0.29) is 71.7 Å². The number of hydrogen-bond donors (Lipinski definition) is 0. The number of carbonyl (C=O) groups excluding carboxylic acids is 2. The third-order valence-corrected chi connectivity index (χ3v) is 10.2. The van der Waals surface area contributed by atoms with Crippen LogP contribution in [0.3, 0.4) is 0 Å². The van der Waals surface area contributed by atoms with Crippen LogP contribution in [-0.2, 0) is 19.1 Å². The van der Waals surface area contributed by atoms with Crippen molar-refractivity contribution in [3.63, 3.8) is 0 Å². The van der Waals surface area contributed by atoms with E-state index in [4.69, 9.17) is 9.47 Å². The molecular formula is C28H50I2N2O4. The predicted molar refractivity (Wildman–Crippen MR) is 133 cm³/mol. The average Bonchev–Trinajstić information content (AvgIpc) is 2.89. The first-order chi connectivity index (χ1) is 16.5. The number of fused-ring (bicyclic) bond motifs is 6. The minimum absolute atomic E-state index is 0. The fraction of sp³-hybridized carbons (Fsp3) is 0.929. The first-order valence-electron chi connectivity index (χ1n) is 14.4. The minimum atomic E-state index is 0. The number of quaternary nitrogens is 2. The fourth-order valence-electron chi connectivity index (χ4n) is 8.00. The van der Waals surface area contributed by atoms with Crippen molar-refractivity contribution < 1.29 is 76.0 Å². The molecule has 6 aliphatic rings. The second-order valence-corrected chi connectivity index (χ2v) is 12.2. The third-order valence-electron chi connectivity index (χ3n) is 10.2. The summed E-state index contributed by atoms with van der Waals surface area (Å²) in [7, 11) is 3.09. The number of esters is 2. The van der Waals surface area contributed by atoms with Gasteiger partial charge in [0.05, 0.1) is 66.6 Å². The van der Waals surface area contributed by atoms with E-state index in [9.17, 15) is 9.59 Å². The van der Waals surface area contributed by atoms with Gasteiger partial charge in [0.15, 0.2) is 0 Å². The SMILES string of the molecule is COC(=O)C1C[N+]2(CCCCCCCCCC[N+]34CCC(CC3)C(C(=O)OC)C4)CCC1CC2.[I-].[I-]. The van der Waals surface area contributed by atoms with Crippen LogP contribution >= 0.6 is 0 Å². The van der Waals surface area contributed by atoms with E-state index in [0.29, 0.717) is 11.8 Å². The van der Waals surface area contributed by atoms with E-state index in [0.717, 1.165) is 13.1 Å². The van der Waals surface area contributed by atoms with Crippen molar-refractivity contribution >= 4 is 11.9 Å². The molecule has 6 aliphatic heterocycles. The van der Waals surface area contributed by atoms with Crippen LogP contribution in [0, 0.1) is 23.7 Å². The van der Waals surface area contributed by atoms with Gasteiger partial charge in [-0.15, -0.1) is 0 Å². The molecule has 2 unspecified atom stereocenters. The molecule has 6 fully saturated rings. The van der Waals surface area contributed by atoms with Gasteiger partial charge in [-0.2, -0.15) is 0 Å². The number of nitrogens with zero attached hydrogens (tertiary/aromatic N) is 2. The Kier molecular flexibility index (Phi) is 13.7. The molecule has 0 aliphatic carbocycles. The summed E-state index contributed by atoms with van der Waals surface area (Å²) in [5.74, 6) is 1.53. The monoisotopic (exact) mass is 732 g/mol. The van der Waals surface area contributed by atoms with Crippen LogP contribution in [0.4, 0.5) is 0 Å². The average molecular weight is 733 g/mol. The van der Waals surface area contributed by atoms with Gasteiger partial charge >= 0.3 is 11.9 Å². The number of rotatable bonds is 13. The van der Waals surface area contributed by atoms with Gasteiger partial charge in [0, 0.05) is 25.7 Å². The first-order valence-corrected chi connectivity index (χ1v) is 14.4. The molecule has 6 rings (SSSR count). The zero-order valence-corrected chi connectivity index (χ0v) is 27.0. The molecule has 6 saturated heterocycles. The van der Waals surface area contributed by atoms with Crippen LogP contribution in [0.15, 0.2) is 0 Å². The lowest BCUT2D eigenvalue weighted by molar-refractivity contribution is -0.945. The van der Waals surface area contributed by atoms with Gasteiger partial charge in [0.25, 0.3) is 0 Å². The lowest BCUT2D eigenvalue weighted by Gasteiger charge is -2.52. The van der Waals surface area contributed by atoms with Crippen molar-refractivity contribution in [2.45, 2.75) is 77.0 Å². The smallest absolute Gasteiger partial charge is 0.314 e. The predicted octanol–water partition coefficient (Wildman–Crippen LogP) is -1.83. The molecule has 8 heteroatoms. The Morgan fingerprint density at radius 3 is 1.19 bits per heavy atom. The second-order valence-electron chi connectivity index (χ2n) is 12.2. The highest BCUT2D eigenvalue weighted by atomic mass is 127. The molecule has 0 N–H and O–H groups in total. The third kappa shape index (κ3) is 7.93. The van der Waals surface area contributed by atoms with Crippen LogP contribution in [0.1, 0.15) is 77.0 Å². The topological polar surface area (TPSA) is 52.6 Å². The molecule has 6 nitrogen and oxygen atoms in total. The molecular weight excluding hydrogens is 682 g/mol. The summed E-state index contributed by atoms with van der Waals surface area (Å²) in [6.07, 6.45) is 15.6. The normalized spacial score (nSPS) is 34.4. The molecule has 0 amide bonds. The van der Waals surface area contributed by atoms with Gasteiger partial charge in [0.1, 0.15) is 11.8 Å². The molecule has 0 aromatic carbocycles. The number of halogens is 2. The lowest BCUT2D eigenvalue weighted by atomic mass is 9.77. The standard InChI is InChI=1S/C28H50N2O4.2HI/c1-33-27(31)25-21-29(17-11-23(25)12-18-29)15-9-7-5-3-4-6-8-10-16-30-19-13-24(14-20-30)26(22-30)28(32)34-2;;/h23-26H,3-22H2,1-2H3;2*1H/q+2;;/p-2. The maximum absolute atomic E-state index is 12.2. The Hall–Kier alpha value is 0.320. The van der Waals surface area contributed by atoms with Crippen LogP contribution < -0.4 is 48.0 Å². The summed E-state index contributed by atoms with van der Waals surface area (Å²) < 4.78 is 12.5. The molecule has 6 heterocycles. The van der Waals surface area contributed by atoms with E-state index in [1.165, 1.54) is 125 Å². The van der Waals surface area contributed by atoms with Crippen molar-refractivity contribution in [3.05, 3.63) is 0 Å². The molecule has 36 heavy (non-hydrogen) atoms. The van der Waals surface area contributed by atoms with Crippen LogP contribution in [0.2, 0.25) is 0 Å². The second kappa shape index (κ2) is 15.2.